The summed E-state index contributed by atoms with van der Waals surface area (Å²) < 4.78 is 5.01. The normalized spacial score (nSPS) is 26.7. The zero-order valence-electron chi connectivity index (χ0n) is 11.4. The second kappa shape index (κ2) is 6.34. The van der Waals surface area contributed by atoms with Gasteiger partial charge in [-0.3, -0.25) is 4.79 Å². The molecule has 2 aliphatic rings. The van der Waals surface area contributed by atoms with Crippen molar-refractivity contribution < 1.29 is 19.4 Å². The Morgan fingerprint density at radius 2 is 2.11 bits per heavy atom. The zero-order valence-corrected chi connectivity index (χ0v) is 11.4. The Morgan fingerprint density at radius 1 is 1.42 bits per heavy atom. The van der Waals surface area contributed by atoms with Gasteiger partial charge < -0.3 is 19.6 Å². The van der Waals surface area contributed by atoms with Gasteiger partial charge in [0.2, 0.25) is 5.91 Å². The number of amides is 1. The van der Waals surface area contributed by atoms with Crippen LogP contribution >= 0.6 is 0 Å². The third kappa shape index (κ3) is 3.67. The van der Waals surface area contributed by atoms with Crippen LogP contribution in [0, 0.1) is 5.92 Å². The van der Waals surface area contributed by atoms with Gasteiger partial charge in [-0.25, -0.2) is 4.79 Å². The number of morpholine rings is 1. The fourth-order valence-electron chi connectivity index (χ4n) is 2.74. The lowest BCUT2D eigenvalue weighted by Gasteiger charge is -2.37. The molecule has 2 saturated heterocycles. The summed E-state index contributed by atoms with van der Waals surface area (Å²) in [5.74, 6) is -0.590. The van der Waals surface area contributed by atoms with Crippen molar-refractivity contribution >= 4 is 11.9 Å². The number of piperidine rings is 1. The average Bonchev–Trinajstić information content (AvgIpc) is 2.42. The Balaban J connectivity index is 1.84. The molecule has 6 nitrogen and oxygen atoms in total. The number of aliphatic carboxylic acids is 1. The summed E-state index contributed by atoms with van der Waals surface area (Å²) in [6, 6.07) is 0. The highest BCUT2D eigenvalue weighted by Crippen LogP contribution is 2.19. The van der Waals surface area contributed by atoms with E-state index in [2.05, 4.69) is 11.8 Å². The van der Waals surface area contributed by atoms with Crippen LogP contribution in [0.15, 0.2) is 0 Å². The van der Waals surface area contributed by atoms with Crippen LogP contribution in [0.3, 0.4) is 0 Å². The summed E-state index contributed by atoms with van der Waals surface area (Å²) in [6.07, 6.45) is 1.29. The number of carboxylic acid groups (broad SMARTS) is 1. The molecule has 108 valence electrons. The highest BCUT2D eigenvalue weighted by Gasteiger charge is 2.32. The van der Waals surface area contributed by atoms with E-state index in [0.717, 1.165) is 32.5 Å². The summed E-state index contributed by atoms with van der Waals surface area (Å²) in [5.41, 5.74) is 0. The molecule has 6 heteroatoms. The van der Waals surface area contributed by atoms with E-state index < -0.39 is 12.1 Å². The molecule has 0 aliphatic carbocycles. The first-order valence-electron chi connectivity index (χ1n) is 6.94. The number of carboxylic acids is 1. The molecule has 1 unspecified atom stereocenters. The molecular weight excluding hydrogens is 248 g/mol. The molecule has 2 aliphatic heterocycles. The van der Waals surface area contributed by atoms with Gasteiger partial charge in [-0.05, 0) is 38.4 Å². The van der Waals surface area contributed by atoms with Crippen LogP contribution in [0.25, 0.3) is 0 Å². The van der Waals surface area contributed by atoms with Crippen LogP contribution in [0.1, 0.15) is 19.8 Å². The van der Waals surface area contributed by atoms with E-state index in [1.807, 2.05) is 0 Å². The van der Waals surface area contributed by atoms with Gasteiger partial charge in [-0.1, -0.05) is 6.92 Å². The first-order valence-corrected chi connectivity index (χ1v) is 6.94. The van der Waals surface area contributed by atoms with E-state index in [-0.39, 0.29) is 19.1 Å². The second-order valence-electron chi connectivity index (χ2n) is 5.31. The van der Waals surface area contributed by atoms with Crippen molar-refractivity contribution in [3.05, 3.63) is 0 Å². The minimum absolute atomic E-state index is 0.0876. The molecule has 0 aromatic rings. The van der Waals surface area contributed by atoms with E-state index >= 15 is 0 Å². The summed E-state index contributed by atoms with van der Waals surface area (Å²) in [5, 5.41) is 8.95. The number of rotatable bonds is 4. The standard InChI is InChI=1S/C13H22N2O4/c1-2-14-5-3-10(4-6-14)7-15-8-11(13(17)18)19-9-12(15)16/h10-11H,2-9H2,1H3,(H,17,18). The Hall–Kier alpha value is -1.14. The smallest absolute Gasteiger partial charge is 0.334 e. The fraction of sp³-hybridized carbons (Fsp3) is 0.846. The van der Waals surface area contributed by atoms with E-state index in [1.165, 1.54) is 0 Å². The van der Waals surface area contributed by atoms with Crippen molar-refractivity contribution in [2.75, 3.05) is 39.3 Å². The maximum Gasteiger partial charge on any atom is 0.334 e. The van der Waals surface area contributed by atoms with Gasteiger partial charge in [0.25, 0.3) is 0 Å². The fourth-order valence-corrected chi connectivity index (χ4v) is 2.74. The minimum Gasteiger partial charge on any atom is -0.479 e. The molecule has 0 aromatic heterocycles. The van der Waals surface area contributed by atoms with Crippen LogP contribution in [-0.2, 0) is 14.3 Å². The third-order valence-corrected chi connectivity index (χ3v) is 4.06. The van der Waals surface area contributed by atoms with Crippen molar-refractivity contribution in [3.63, 3.8) is 0 Å². The average molecular weight is 270 g/mol. The number of carbonyl (C=O) groups is 2. The lowest BCUT2D eigenvalue weighted by molar-refractivity contribution is -0.165. The molecule has 0 spiro atoms. The molecule has 1 N–H and O–H groups in total. The Morgan fingerprint density at radius 3 is 2.68 bits per heavy atom. The summed E-state index contributed by atoms with van der Waals surface area (Å²) in [6.45, 7) is 6.12. The molecule has 1 atom stereocenters. The van der Waals surface area contributed by atoms with Crippen LogP contribution < -0.4 is 0 Å². The number of ether oxygens (including phenoxy) is 1. The molecule has 2 rings (SSSR count). The molecule has 19 heavy (non-hydrogen) atoms. The first-order chi connectivity index (χ1) is 9.10. The van der Waals surface area contributed by atoms with Crippen molar-refractivity contribution in [1.29, 1.82) is 0 Å². The first kappa shape index (κ1) is 14.3. The van der Waals surface area contributed by atoms with Crippen LogP contribution in [-0.4, -0.2) is 72.2 Å². The van der Waals surface area contributed by atoms with Gasteiger partial charge in [0, 0.05) is 6.54 Å². The summed E-state index contributed by atoms with van der Waals surface area (Å²) in [4.78, 5) is 26.7. The van der Waals surface area contributed by atoms with Gasteiger partial charge >= 0.3 is 5.97 Å². The molecule has 2 fully saturated rings. The van der Waals surface area contributed by atoms with Gasteiger partial charge in [0.05, 0.1) is 6.54 Å². The third-order valence-electron chi connectivity index (χ3n) is 4.06. The van der Waals surface area contributed by atoms with Crippen molar-refractivity contribution in [3.8, 4) is 0 Å². The minimum atomic E-state index is -0.988. The Kier molecular flexibility index (Phi) is 4.76. The zero-order chi connectivity index (χ0) is 13.8. The highest BCUT2D eigenvalue weighted by molar-refractivity contribution is 5.81. The highest BCUT2D eigenvalue weighted by atomic mass is 16.5. The largest absolute Gasteiger partial charge is 0.479 e. The van der Waals surface area contributed by atoms with Gasteiger partial charge in [0.15, 0.2) is 6.10 Å². The summed E-state index contributed by atoms with van der Waals surface area (Å²) in [7, 11) is 0. The number of carbonyl (C=O) groups excluding carboxylic acids is 1. The van der Waals surface area contributed by atoms with E-state index in [0.29, 0.717) is 12.5 Å². The van der Waals surface area contributed by atoms with E-state index in [1.54, 1.807) is 4.90 Å². The van der Waals surface area contributed by atoms with E-state index in [9.17, 15) is 9.59 Å². The van der Waals surface area contributed by atoms with Gasteiger partial charge in [0.1, 0.15) is 6.61 Å². The predicted octanol–water partition coefficient (Wildman–Crippen LogP) is 0.0303. The second-order valence-corrected chi connectivity index (χ2v) is 5.31. The maximum atomic E-state index is 11.8. The SMILES string of the molecule is CCN1CCC(CN2CC(C(=O)O)OCC2=O)CC1. The predicted molar refractivity (Wildman–Crippen MR) is 68.8 cm³/mol. The summed E-state index contributed by atoms with van der Waals surface area (Å²) >= 11 is 0. The number of nitrogens with zero attached hydrogens (tertiary/aromatic N) is 2. The quantitative estimate of drug-likeness (QED) is 0.780. The number of likely N-dealkylation sites (tertiary alicyclic amines) is 1. The monoisotopic (exact) mass is 270 g/mol. The molecule has 0 saturated carbocycles. The van der Waals surface area contributed by atoms with Crippen molar-refractivity contribution in [2.24, 2.45) is 5.92 Å². The van der Waals surface area contributed by atoms with Crippen LogP contribution in [0.2, 0.25) is 0 Å². The molecule has 0 radical (unpaired) electrons. The lowest BCUT2D eigenvalue weighted by Crippen LogP contribution is -2.51. The Bertz CT molecular complexity index is 340. The Labute approximate surface area is 113 Å². The van der Waals surface area contributed by atoms with Crippen molar-refractivity contribution in [2.45, 2.75) is 25.9 Å². The number of hydrogen-bond acceptors (Lipinski definition) is 4. The van der Waals surface area contributed by atoms with E-state index in [4.69, 9.17) is 9.84 Å². The van der Waals surface area contributed by atoms with Crippen molar-refractivity contribution in [1.82, 2.24) is 9.80 Å². The van der Waals surface area contributed by atoms with Gasteiger partial charge in [-0.2, -0.15) is 0 Å². The molecule has 1 amide bonds. The lowest BCUT2D eigenvalue weighted by atomic mass is 9.96. The number of hydrogen-bond donors (Lipinski definition) is 1. The molecule has 0 bridgehead atoms. The van der Waals surface area contributed by atoms with Gasteiger partial charge in [-0.15, -0.1) is 0 Å². The maximum absolute atomic E-state index is 11.8. The molecular formula is C13H22N2O4. The van der Waals surface area contributed by atoms with Crippen LogP contribution in [0.4, 0.5) is 0 Å². The molecule has 0 aromatic carbocycles. The topological polar surface area (TPSA) is 70.1 Å². The van der Waals surface area contributed by atoms with Crippen LogP contribution in [0.5, 0.6) is 0 Å². The molecule has 2 heterocycles.